The summed E-state index contributed by atoms with van der Waals surface area (Å²) < 4.78 is 10.8. The van der Waals surface area contributed by atoms with Crippen LogP contribution in [0.5, 0.6) is 5.75 Å². The van der Waals surface area contributed by atoms with Crippen molar-refractivity contribution < 1.29 is 9.53 Å². The number of nitrogens with zero attached hydrogens (tertiary/aromatic N) is 5. The first kappa shape index (κ1) is 22.3. The fraction of sp³-hybridized carbons (Fsp3) is 0.320. The zero-order valence-corrected chi connectivity index (χ0v) is 20.3. The second-order valence-corrected chi connectivity index (χ2v) is 9.08. The minimum atomic E-state index is -0.197. The maximum atomic E-state index is 13.5. The van der Waals surface area contributed by atoms with E-state index in [1.165, 1.54) is 0 Å². The first-order chi connectivity index (χ1) is 16.3. The summed E-state index contributed by atoms with van der Waals surface area (Å²) >= 11 is 6.37. The molecule has 4 heterocycles. The second-order valence-electron chi connectivity index (χ2n) is 8.67. The average Bonchev–Trinajstić information content (AvgIpc) is 3.39. The third-order valence-electron chi connectivity index (χ3n) is 6.52. The molecule has 9 heteroatoms. The highest BCUT2D eigenvalue weighted by Crippen LogP contribution is 2.34. The van der Waals surface area contributed by atoms with Gasteiger partial charge in [-0.3, -0.25) is 9.59 Å². The van der Waals surface area contributed by atoms with Gasteiger partial charge in [0, 0.05) is 43.5 Å². The number of aromatic nitrogens is 4. The molecular weight excluding hydrogens is 454 g/mol. The molecule has 8 nitrogen and oxygen atoms in total. The predicted octanol–water partition coefficient (Wildman–Crippen LogP) is 4.02. The summed E-state index contributed by atoms with van der Waals surface area (Å²) in [4.78, 5) is 32.8. The van der Waals surface area contributed by atoms with Crippen LogP contribution in [0.15, 0.2) is 47.8 Å². The molecule has 4 aromatic rings. The minimum absolute atomic E-state index is 0.160. The van der Waals surface area contributed by atoms with E-state index in [0.29, 0.717) is 35.2 Å². The molecule has 0 spiro atoms. The molecule has 1 aliphatic heterocycles. The number of rotatable bonds is 5. The van der Waals surface area contributed by atoms with Crippen LogP contribution in [0.1, 0.15) is 35.6 Å². The Kier molecular flexibility index (Phi) is 5.48. The number of hydrogen-bond donors (Lipinski definition) is 0. The van der Waals surface area contributed by atoms with Gasteiger partial charge in [0.2, 0.25) is 0 Å². The van der Waals surface area contributed by atoms with E-state index in [4.69, 9.17) is 16.3 Å². The number of halogens is 1. The molecule has 0 N–H and O–H groups in total. The van der Waals surface area contributed by atoms with Crippen molar-refractivity contribution in [2.24, 2.45) is 0 Å². The molecule has 0 saturated carbocycles. The fourth-order valence-electron chi connectivity index (χ4n) is 4.71. The molecule has 0 radical (unpaired) electrons. The number of ether oxygens (including phenoxy) is 1. The van der Waals surface area contributed by atoms with Gasteiger partial charge in [-0.15, -0.1) is 0 Å². The van der Waals surface area contributed by atoms with Crippen LogP contribution >= 0.6 is 11.6 Å². The fourth-order valence-corrected chi connectivity index (χ4v) is 4.95. The normalized spacial score (nSPS) is 15.7. The van der Waals surface area contributed by atoms with Crippen molar-refractivity contribution in [3.05, 3.63) is 75.3 Å². The Bertz CT molecular complexity index is 1480. The number of fused-ring (bicyclic) bond motifs is 2. The van der Waals surface area contributed by atoms with Gasteiger partial charge in [-0.25, -0.2) is 4.98 Å². The lowest BCUT2D eigenvalue weighted by Gasteiger charge is -2.35. The molecule has 3 aromatic heterocycles. The van der Waals surface area contributed by atoms with Gasteiger partial charge in [0.05, 0.1) is 29.7 Å². The highest BCUT2D eigenvalue weighted by Gasteiger charge is 2.32. The average molecular weight is 480 g/mol. The van der Waals surface area contributed by atoms with Gasteiger partial charge in [-0.2, -0.15) is 0 Å². The lowest BCUT2D eigenvalue weighted by atomic mass is 10.1. The summed E-state index contributed by atoms with van der Waals surface area (Å²) in [5.74, 6) is 0.434. The largest absolute Gasteiger partial charge is 0.495 e. The van der Waals surface area contributed by atoms with Crippen LogP contribution in [-0.2, 0) is 19.6 Å². The molecule has 0 saturated heterocycles. The van der Waals surface area contributed by atoms with Crippen molar-refractivity contribution in [3.63, 3.8) is 0 Å². The van der Waals surface area contributed by atoms with Crippen LogP contribution in [0.3, 0.4) is 0 Å². The molecule has 1 aromatic carbocycles. The van der Waals surface area contributed by atoms with E-state index in [-0.39, 0.29) is 17.5 Å². The van der Waals surface area contributed by atoms with Crippen molar-refractivity contribution in [1.82, 2.24) is 23.6 Å². The second kappa shape index (κ2) is 8.36. The molecule has 1 aliphatic rings. The number of amides is 1. The Morgan fingerprint density at radius 3 is 2.68 bits per heavy atom. The Morgan fingerprint density at radius 2 is 2.00 bits per heavy atom. The molecule has 34 heavy (non-hydrogen) atoms. The smallest absolute Gasteiger partial charge is 0.275 e. The zero-order chi connectivity index (χ0) is 24.1. The van der Waals surface area contributed by atoms with E-state index in [1.54, 1.807) is 40.9 Å². The van der Waals surface area contributed by atoms with E-state index < -0.39 is 0 Å². The zero-order valence-electron chi connectivity index (χ0n) is 19.6. The summed E-state index contributed by atoms with van der Waals surface area (Å²) in [6.07, 6.45) is 5.48. The highest BCUT2D eigenvalue weighted by atomic mass is 35.5. The lowest BCUT2D eigenvalue weighted by Crippen LogP contribution is -2.49. The van der Waals surface area contributed by atoms with Crippen molar-refractivity contribution in [1.29, 1.82) is 0 Å². The van der Waals surface area contributed by atoms with Crippen molar-refractivity contribution in [2.45, 2.75) is 46.4 Å². The molecule has 5 rings (SSSR count). The maximum absolute atomic E-state index is 13.5. The van der Waals surface area contributed by atoms with Gasteiger partial charge < -0.3 is 23.3 Å². The van der Waals surface area contributed by atoms with E-state index in [0.717, 1.165) is 28.7 Å². The third kappa shape index (κ3) is 3.49. The number of hydrogen-bond acceptors (Lipinski definition) is 4. The number of benzene rings is 1. The first-order valence-corrected chi connectivity index (χ1v) is 11.6. The van der Waals surface area contributed by atoms with Crippen LogP contribution in [0.4, 0.5) is 0 Å². The number of imidazole rings is 1. The molecule has 1 atom stereocenters. The Labute approximate surface area is 201 Å². The van der Waals surface area contributed by atoms with Gasteiger partial charge in [0.15, 0.2) is 0 Å². The summed E-state index contributed by atoms with van der Waals surface area (Å²) in [6, 6.07) is 7.09. The SMILES string of the molecule is CCn1cc(CN2C(=O)c3ccc(-n4cnc(C)c4)c(=O)n3C[C@H]2C)c2cc(OC)c(Cl)cc21. The standard InChI is InChI=1S/C25H26ClN5O3/c1-5-28-12-17(18-8-23(34-4)19(26)9-22(18)28)13-30-16(3)11-31-21(25(30)33)7-6-20(24(31)32)29-10-15(2)27-14-29/h6-10,12,14,16H,5,11,13H2,1-4H3/t16-/m1/s1. The summed E-state index contributed by atoms with van der Waals surface area (Å²) in [5, 5.41) is 1.55. The van der Waals surface area contributed by atoms with Crippen LogP contribution in [-0.4, -0.2) is 42.6 Å². The maximum Gasteiger partial charge on any atom is 0.275 e. The van der Waals surface area contributed by atoms with Crippen molar-refractivity contribution in [2.75, 3.05) is 7.11 Å². The summed E-state index contributed by atoms with van der Waals surface area (Å²) in [5.41, 5.74) is 3.50. The molecule has 0 bridgehead atoms. The van der Waals surface area contributed by atoms with Crippen molar-refractivity contribution >= 4 is 28.4 Å². The molecule has 0 aliphatic carbocycles. The third-order valence-corrected chi connectivity index (χ3v) is 6.82. The topological polar surface area (TPSA) is 74.3 Å². The molecule has 0 fully saturated rings. The first-order valence-electron chi connectivity index (χ1n) is 11.2. The van der Waals surface area contributed by atoms with Crippen LogP contribution in [0, 0.1) is 6.92 Å². The van der Waals surface area contributed by atoms with E-state index in [1.807, 2.05) is 30.9 Å². The molecule has 176 valence electrons. The number of pyridine rings is 1. The number of carbonyl (C=O) groups excluding carboxylic acids is 1. The van der Waals surface area contributed by atoms with Crippen molar-refractivity contribution in [3.8, 4) is 11.4 Å². The molecule has 0 unspecified atom stereocenters. The van der Waals surface area contributed by atoms with Crippen LogP contribution in [0.25, 0.3) is 16.6 Å². The predicted molar refractivity (Wildman–Crippen MR) is 131 cm³/mol. The summed E-state index contributed by atoms with van der Waals surface area (Å²) in [7, 11) is 1.59. The van der Waals surface area contributed by atoms with Gasteiger partial charge in [-0.1, -0.05) is 11.6 Å². The van der Waals surface area contributed by atoms with Gasteiger partial charge in [-0.05, 0) is 50.6 Å². The highest BCUT2D eigenvalue weighted by molar-refractivity contribution is 6.32. The molecular formula is C25H26ClN5O3. The van der Waals surface area contributed by atoms with Crippen LogP contribution in [0.2, 0.25) is 5.02 Å². The Hall–Kier alpha value is -3.52. The van der Waals surface area contributed by atoms with Gasteiger partial charge in [0.25, 0.3) is 11.5 Å². The Morgan fingerprint density at radius 1 is 1.21 bits per heavy atom. The monoisotopic (exact) mass is 479 g/mol. The van der Waals surface area contributed by atoms with Gasteiger partial charge >= 0.3 is 0 Å². The number of methoxy groups -OCH3 is 1. The number of aryl methyl sites for hydroxylation is 2. The lowest BCUT2D eigenvalue weighted by molar-refractivity contribution is 0.0591. The Balaban J connectivity index is 1.53. The van der Waals surface area contributed by atoms with E-state index >= 15 is 0 Å². The van der Waals surface area contributed by atoms with Crippen LogP contribution < -0.4 is 10.3 Å². The van der Waals surface area contributed by atoms with E-state index in [2.05, 4.69) is 22.7 Å². The van der Waals surface area contributed by atoms with Gasteiger partial charge in [0.1, 0.15) is 17.1 Å². The minimum Gasteiger partial charge on any atom is -0.495 e. The summed E-state index contributed by atoms with van der Waals surface area (Å²) in [6.45, 7) is 7.52. The number of carbonyl (C=O) groups is 1. The van der Waals surface area contributed by atoms with E-state index in [9.17, 15) is 9.59 Å². The molecule has 1 amide bonds. The quantitative estimate of drug-likeness (QED) is 0.433.